The minimum atomic E-state index is -1.09. The highest BCUT2D eigenvalue weighted by Crippen LogP contribution is 2.58. The molecular formula is C22H28N2O4. The zero-order valence-electron chi connectivity index (χ0n) is 16.1. The summed E-state index contributed by atoms with van der Waals surface area (Å²) >= 11 is 0. The first kappa shape index (κ1) is 18.1. The number of aliphatic hydroxyl groups is 1. The van der Waals surface area contributed by atoms with Crippen molar-refractivity contribution in [3.8, 4) is 5.75 Å². The molecule has 1 aliphatic heterocycles. The molecule has 3 fully saturated rings. The van der Waals surface area contributed by atoms with Gasteiger partial charge < -0.3 is 21.3 Å². The summed E-state index contributed by atoms with van der Waals surface area (Å²) < 4.78 is 0. The first-order chi connectivity index (χ1) is 13.4. The maximum Gasteiger partial charge on any atom is 0.252 e. The lowest BCUT2D eigenvalue weighted by Crippen LogP contribution is -2.72. The fourth-order valence-electron chi connectivity index (χ4n) is 6.36. The number of nitrogens with two attached hydrogens (primary N) is 1. The fourth-order valence-corrected chi connectivity index (χ4v) is 6.36. The van der Waals surface area contributed by atoms with E-state index in [2.05, 4.69) is 5.32 Å². The van der Waals surface area contributed by atoms with E-state index >= 15 is 0 Å². The zero-order valence-corrected chi connectivity index (χ0v) is 16.1. The first-order valence-electron chi connectivity index (χ1n) is 10.5. The van der Waals surface area contributed by atoms with Crippen LogP contribution in [-0.4, -0.2) is 40.1 Å². The quantitative estimate of drug-likeness (QED) is 0.630. The molecule has 1 amide bonds. The number of phenols is 1. The van der Waals surface area contributed by atoms with Gasteiger partial charge in [-0.1, -0.05) is 19.3 Å². The third-order valence-corrected chi connectivity index (χ3v) is 8.02. The van der Waals surface area contributed by atoms with Gasteiger partial charge >= 0.3 is 0 Å². The van der Waals surface area contributed by atoms with Gasteiger partial charge in [0.2, 0.25) is 0 Å². The Morgan fingerprint density at radius 3 is 2.79 bits per heavy atom. The highest BCUT2D eigenvalue weighted by atomic mass is 16.3. The van der Waals surface area contributed by atoms with Crippen molar-refractivity contribution in [1.29, 1.82) is 0 Å². The molecule has 2 saturated carbocycles. The Bertz CT molecular complexity index is 878. The maximum atomic E-state index is 12.5. The molecule has 4 aliphatic rings. The number of carbonyl (C=O) groups excluding carboxylic acids is 2. The number of benzene rings is 1. The summed E-state index contributed by atoms with van der Waals surface area (Å²) in [6.07, 6.45) is 6.58. The van der Waals surface area contributed by atoms with Crippen molar-refractivity contribution >= 4 is 11.7 Å². The van der Waals surface area contributed by atoms with E-state index < -0.39 is 16.9 Å². The van der Waals surface area contributed by atoms with Crippen LogP contribution >= 0.6 is 0 Å². The molecule has 0 radical (unpaired) electrons. The SMILES string of the molecule is NC(=O)c1cc(CC2CCC2)c2c(c1O)[C@]13CCN[C@H](C2)[C@]1(O)CCC(=O)C3. The summed E-state index contributed by atoms with van der Waals surface area (Å²) in [6.45, 7) is 0.678. The van der Waals surface area contributed by atoms with Crippen LogP contribution in [0.5, 0.6) is 5.75 Å². The number of aromatic hydroxyl groups is 1. The number of nitrogens with one attached hydrogen (secondary N) is 1. The van der Waals surface area contributed by atoms with Crippen LogP contribution in [0.15, 0.2) is 6.07 Å². The van der Waals surface area contributed by atoms with E-state index in [-0.39, 0.29) is 29.6 Å². The summed E-state index contributed by atoms with van der Waals surface area (Å²) in [5.74, 6) is -0.0716. The van der Waals surface area contributed by atoms with Crippen LogP contribution in [0.1, 0.15) is 72.0 Å². The highest BCUT2D eigenvalue weighted by Gasteiger charge is 2.64. The zero-order chi connectivity index (χ0) is 19.7. The minimum absolute atomic E-state index is 0.114. The molecule has 0 unspecified atom stereocenters. The van der Waals surface area contributed by atoms with Crippen molar-refractivity contribution in [2.24, 2.45) is 11.7 Å². The minimum Gasteiger partial charge on any atom is -0.507 e. The summed E-state index contributed by atoms with van der Waals surface area (Å²) in [5.41, 5.74) is 6.51. The number of carbonyl (C=O) groups is 2. The standard InChI is InChI=1S/C22H28N2O4/c23-20(27)16-9-13(8-12-2-1-3-12)15-10-17-22(28)5-4-14(25)11-21(22,6-7-24-17)18(15)19(16)26/h9,12,17,24,26,28H,1-8,10-11H2,(H2,23,27)/t17-,21-,22-/m1/s1. The molecule has 28 heavy (non-hydrogen) atoms. The van der Waals surface area contributed by atoms with E-state index in [1.807, 2.05) is 0 Å². The number of ketones is 1. The average molecular weight is 384 g/mol. The Hall–Kier alpha value is -1.92. The Morgan fingerprint density at radius 1 is 1.32 bits per heavy atom. The molecule has 1 heterocycles. The van der Waals surface area contributed by atoms with Crippen molar-refractivity contribution in [3.05, 3.63) is 28.3 Å². The van der Waals surface area contributed by atoms with Gasteiger partial charge in [-0.25, -0.2) is 0 Å². The molecule has 3 atom stereocenters. The molecule has 150 valence electrons. The number of hydrogen-bond donors (Lipinski definition) is 4. The molecule has 1 aromatic carbocycles. The van der Waals surface area contributed by atoms with Crippen LogP contribution < -0.4 is 11.1 Å². The van der Waals surface area contributed by atoms with Crippen molar-refractivity contribution in [3.63, 3.8) is 0 Å². The van der Waals surface area contributed by atoms with Crippen LogP contribution in [0, 0.1) is 5.92 Å². The van der Waals surface area contributed by atoms with Gasteiger partial charge in [-0.2, -0.15) is 0 Å². The van der Waals surface area contributed by atoms with Crippen LogP contribution in [0.25, 0.3) is 0 Å². The second kappa shape index (κ2) is 6.04. The lowest BCUT2D eigenvalue weighted by molar-refractivity contribution is -0.149. The van der Waals surface area contributed by atoms with E-state index in [4.69, 9.17) is 5.73 Å². The predicted octanol–water partition coefficient (Wildman–Crippen LogP) is 1.47. The molecule has 3 aliphatic carbocycles. The molecule has 1 saturated heterocycles. The summed E-state index contributed by atoms with van der Waals surface area (Å²) in [6, 6.07) is 1.62. The fraction of sp³-hybridized carbons (Fsp3) is 0.636. The van der Waals surface area contributed by atoms with Crippen LogP contribution in [0.2, 0.25) is 0 Å². The van der Waals surface area contributed by atoms with E-state index in [1.165, 1.54) is 19.3 Å². The Balaban J connectivity index is 1.76. The van der Waals surface area contributed by atoms with Gasteiger partial charge in [0.15, 0.2) is 0 Å². The van der Waals surface area contributed by atoms with Gasteiger partial charge in [-0.3, -0.25) is 9.59 Å². The summed E-state index contributed by atoms with van der Waals surface area (Å²) in [7, 11) is 0. The first-order valence-corrected chi connectivity index (χ1v) is 10.5. The molecular weight excluding hydrogens is 356 g/mol. The van der Waals surface area contributed by atoms with Crippen LogP contribution in [0.4, 0.5) is 0 Å². The summed E-state index contributed by atoms with van der Waals surface area (Å²) in [5, 5.41) is 26.4. The van der Waals surface area contributed by atoms with Crippen molar-refractivity contribution in [2.45, 2.75) is 74.8 Å². The maximum absolute atomic E-state index is 12.5. The molecule has 6 heteroatoms. The number of rotatable bonds is 3. The van der Waals surface area contributed by atoms with Gasteiger partial charge in [0.05, 0.1) is 11.2 Å². The number of Topliss-reactive ketones (excluding diaryl/α,β-unsaturated/α-hetero) is 1. The lowest BCUT2D eigenvalue weighted by Gasteiger charge is -2.61. The number of primary amides is 1. The van der Waals surface area contributed by atoms with E-state index in [0.717, 1.165) is 17.5 Å². The van der Waals surface area contributed by atoms with E-state index in [0.29, 0.717) is 43.7 Å². The lowest BCUT2D eigenvalue weighted by atomic mass is 9.49. The normalized spacial score (nSPS) is 34.3. The monoisotopic (exact) mass is 384 g/mol. The Kier molecular flexibility index (Phi) is 3.91. The number of amides is 1. The van der Waals surface area contributed by atoms with Crippen LogP contribution in [-0.2, 0) is 23.1 Å². The van der Waals surface area contributed by atoms with Gasteiger partial charge in [0.1, 0.15) is 11.5 Å². The van der Waals surface area contributed by atoms with Crippen LogP contribution in [0.3, 0.4) is 0 Å². The van der Waals surface area contributed by atoms with E-state index in [9.17, 15) is 19.8 Å². The van der Waals surface area contributed by atoms with Crippen molar-refractivity contribution in [2.75, 3.05) is 6.54 Å². The molecule has 1 aromatic rings. The van der Waals surface area contributed by atoms with E-state index in [1.54, 1.807) is 6.07 Å². The summed E-state index contributed by atoms with van der Waals surface area (Å²) in [4.78, 5) is 24.6. The largest absolute Gasteiger partial charge is 0.507 e. The molecule has 6 nitrogen and oxygen atoms in total. The third kappa shape index (κ3) is 2.28. The number of fused-ring (bicyclic) bond motifs is 1. The second-order valence-electron chi connectivity index (χ2n) is 9.33. The van der Waals surface area contributed by atoms with Crippen molar-refractivity contribution in [1.82, 2.24) is 5.32 Å². The van der Waals surface area contributed by atoms with Crippen molar-refractivity contribution < 1.29 is 19.8 Å². The molecule has 5 N–H and O–H groups in total. The Labute approximate surface area is 164 Å². The predicted molar refractivity (Wildman–Crippen MR) is 103 cm³/mol. The number of hydrogen-bond acceptors (Lipinski definition) is 5. The average Bonchev–Trinajstić information content (AvgIpc) is 2.59. The molecule has 5 rings (SSSR count). The molecule has 0 aromatic heterocycles. The highest BCUT2D eigenvalue weighted by molar-refractivity contribution is 5.97. The third-order valence-electron chi connectivity index (χ3n) is 8.02. The molecule has 2 bridgehead atoms. The Morgan fingerprint density at radius 2 is 2.11 bits per heavy atom. The van der Waals surface area contributed by atoms with Gasteiger partial charge in [-0.05, 0) is 55.3 Å². The topological polar surface area (TPSA) is 113 Å². The number of piperidine rings is 1. The smallest absolute Gasteiger partial charge is 0.252 e. The van der Waals surface area contributed by atoms with Gasteiger partial charge in [0.25, 0.3) is 5.91 Å². The second-order valence-corrected chi connectivity index (χ2v) is 9.33. The molecule has 0 spiro atoms. The van der Waals surface area contributed by atoms with Gasteiger partial charge in [0, 0.05) is 29.9 Å². The van der Waals surface area contributed by atoms with Gasteiger partial charge in [-0.15, -0.1) is 0 Å².